The van der Waals surface area contributed by atoms with Crippen molar-refractivity contribution in [2.75, 3.05) is 53.4 Å². The molecule has 16 heavy (non-hydrogen) atoms. The molecule has 1 fully saturated rings. The van der Waals surface area contributed by atoms with E-state index in [2.05, 4.69) is 49.6 Å². The van der Waals surface area contributed by atoms with Crippen molar-refractivity contribution < 1.29 is 0 Å². The number of piperazine rings is 1. The van der Waals surface area contributed by atoms with Gasteiger partial charge in [-0.1, -0.05) is 0 Å². The quantitative estimate of drug-likeness (QED) is 0.718. The largest absolute Gasteiger partial charge is 0.309 e. The first kappa shape index (κ1) is 13.9. The lowest BCUT2D eigenvalue weighted by atomic mass is 10.0. The second-order valence-electron chi connectivity index (χ2n) is 6.16. The Kier molecular flexibility index (Phi) is 5.22. The van der Waals surface area contributed by atoms with Gasteiger partial charge in [0.05, 0.1) is 0 Å². The molecule has 0 saturated carbocycles. The normalized spacial score (nSPS) is 20.6. The van der Waals surface area contributed by atoms with Crippen LogP contribution in [-0.2, 0) is 0 Å². The van der Waals surface area contributed by atoms with Crippen LogP contribution < -0.4 is 0 Å². The van der Waals surface area contributed by atoms with Gasteiger partial charge in [-0.05, 0) is 54.4 Å². The standard InChI is InChI=1S/C13H29N3/c1-13(2,3)16-11-9-15(10-12-16)8-6-7-14(4)5/h6-12H2,1-5H3. The Morgan fingerprint density at radius 3 is 2.00 bits per heavy atom. The molecule has 3 nitrogen and oxygen atoms in total. The van der Waals surface area contributed by atoms with Crippen LogP contribution in [0.1, 0.15) is 27.2 Å². The summed E-state index contributed by atoms with van der Waals surface area (Å²) < 4.78 is 0. The second-order valence-corrected chi connectivity index (χ2v) is 6.16. The van der Waals surface area contributed by atoms with E-state index in [9.17, 15) is 0 Å². The molecule has 0 N–H and O–H groups in total. The fourth-order valence-electron chi connectivity index (χ4n) is 2.25. The van der Waals surface area contributed by atoms with Crippen molar-refractivity contribution in [3.63, 3.8) is 0 Å². The Hall–Kier alpha value is -0.120. The molecule has 1 rings (SSSR count). The van der Waals surface area contributed by atoms with Crippen LogP contribution in [0, 0.1) is 0 Å². The van der Waals surface area contributed by atoms with Gasteiger partial charge in [0.1, 0.15) is 0 Å². The van der Waals surface area contributed by atoms with Gasteiger partial charge < -0.3 is 9.80 Å². The van der Waals surface area contributed by atoms with Crippen LogP contribution >= 0.6 is 0 Å². The smallest absolute Gasteiger partial charge is 0.0126 e. The molecule has 1 aliphatic rings. The highest BCUT2D eigenvalue weighted by Gasteiger charge is 2.25. The lowest BCUT2D eigenvalue weighted by Crippen LogP contribution is -2.53. The minimum Gasteiger partial charge on any atom is -0.309 e. The zero-order valence-electron chi connectivity index (χ0n) is 11.8. The SMILES string of the molecule is CN(C)CCCN1CCN(C(C)(C)C)CC1. The maximum Gasteiger partial charge on any atom is 0.0126 e. The molecule has 0 aliphatic carbocycles. The summed E-state index contributed by atoms with van der Waals surface area (Å²) in [6.45, 7) is 14.3. The molecule has 0 aromatic heterocycles. The van der Waals surface area contributed by atoms with Crippen molar-refractivity contribution >= 4 is 0 Å². The van der Waals surface area contributed by atoms with Crippen molar-refractivity contribution in [3.05, 3.63) is 0 Å². The van der Waals surface area contributed by atoms with Gasteiger partial charge >= 0.3 is 0 Å². The zero-order valence-corrected chi connectivity index (χ0v) is 11.8. The molecule has 1 heterocycles. The highest BCUT2D eigenvalue weighted by Crippen LogP contribution is 2.15. The highest BCUT2D eigenvalue weighted by molar-refractivity contribution is 4.81. The van der Waals surface area contributed by atoms with Crippen LogP contribution in [0.15, 0.2) is 0 Å². The summed E-state index contributed by atoms with van der Waals surface area (Å²) >= 11 is 0. The third kappa shape index (κ3) is 4.81. The molecule has 0 spiro atoms. The average Bonchev–Trinajstić information content (AvgIpc) is 2.16. The van der Waals surface area contributed by atoms with E-state index in [1.807, 2.05) is 0 Å². The van der Waals surface area contributed by atoms with Crippen molar-refractivity contribution in [3.8, 4) is 0 Å². The molecule has 0 atom stereocenters. The topological polar surface area (TPSA) is 9.72 Å². The van der Waals surface area contributed by atoms with E-state index in [1.54, 1.807) is 0 Å². The minimum absolute atomic E-state index is 0.343. The first-order chi connectivity index (χ1) is 7.39. The van der Waals surface area contributed by atoms with E-state index in [4.69, 9.17) is 0 Å². The summed E-state index contributed by atoms with van der Waals surface area (Å²) in [5, 5.41) is 0. The molecule has 0 unspecified atom stereocenters. The molecule has 0 bridgehead atoms. The molecular weight excluding hydrogens is 198 g/mol. The van der Waals surface area contributed by atoms with E-state index < -0.39 is 0 Å². The van der Waals surface area contributed by atoms with Crippen molar-refractivity contribution in [1.82, 2.24) is 14.7 Å². The number of hydrogen-bond acceptors (Lipinski definition) is 3. The Balaban J connectivity index is 2.17. The van der Waals surface area contributed by atoms with Crippen LogP contribution in [0.3, 0.4) is 0 Å². The van der Waals surface area contributed by atoms with Gasteiger partial charge in [0, 0.05) is 31.7 Å². The summed E-state index contributed by atoms with van der Waals surface area (Å²) in [6.07, 6.45) is 1.29. The van der Waals surface area contributed by atoms with E-state index in [0.717, 1.165) is 0 Å². The number of nitrogens with zero attached hydrogens (tertiary/aromatic N) is 3. The van der Waals surface area contributed by atoms with Crippen LogP contribution in [-0.4, -0.2) is 73.6 Å². The van der Waals surface area contributed by atoms with Gasteiger partial charge in [-0.3, -0.25) is 4.90 Å². The van der Waals surface area contributed by atoms with Crippen LogP contribution in [0.25, 0.3) is 0 Å². The van der Waals surface area contributed by atoms with Gasteiger partial charge in [0.25, 0.3) is 0 Å². The van der Waals surface area contributed by atoms with E-state index in [-0.39, 0.29) is 0 Å². The molecule has 3 heteroatoms. The Morgan fingerprint density at radius 1 is 1.00 bits per heavy atom. The first-order valence-corrected chi connectivity index (χ1v) is 6.52. The summed E-state index contributed by atoms with van der Waals surface area (Å²) in [4.78, 5) is 7.46. The molecule has 96 valence electrons. The molecule has 0 amide bonds. The molecule has 0 radical (unpaired) electrons. The van der Waals surface area contributed by atoms with E-state index in [0.29, 0.717) is 5.54 Å². The third-order valence-electron chi connectivity index (χ3n) is 3.40. The fourth-order valence-corrected chi connectivity index (χ4v) is 2.25. The second kappa shape index (κ2) is 5.99. The van der Waals surface area contributed by atoms with E-state index >= 15 is 0 Å². The number of rotatable bonds is 4. The van der Waals surface area contributed by atoms with Gasteiger partial charge in [-0.15, -0.1) is 0 Å². The minimum atomic E-state index is 0.343. The van der Waals surface area contributed by atoms with Crippen molar-refractivity contribution in [2.45, 2.75) is 32.7 Å². The molecule has 1 saturated heterocycles. The van der Waals surface area contributed by atoms with Crippen LogP contribution in [0.5, 0.6) is 0 Å². The summed E-state index contributed by atoms with van der Waals surface area (Å²) in [6, 6.07) is 0. The van der Waals surface area contributed by atoms with Crippen LogP contribution in [0.4, 0.5) is 0 Å². The Labute approximate surface area is 101 Å². The summed E-state index contributed by atoms with van der Waals surface area (Å²) in [5.74, 6) is 0. The maximum atomic E-state index is 2.60. The number of hydrogen-bond donors (Lipinski definition) is 0. The zero-order chi connectivity index (χ0) is 12.2. The van der Waals surface area contributed by atoms with Gasteiger partial charge in [0.15, 0.2) is 0 Å². The molecular formula is C13H29N3. The predicted octanol–water partition coefficient (Wildman–Crippen LogP) is 1.35. The van der Waals surface area contributed by atoms with E-state index in [1.165, 1.54) is 45.7 Å². The average molecular weight is 227 g/mol. The third-order valence-corrected chi connectivity index (χ3v) is 3.40. The van der Waals surface area contributed by atoms with Crippen molar-refractivity contribution in [2.24, 2.45) is 0 Å². The van der Waals surface area contributed by atoms with Gasteiger partial charge in [0.2, 0.25) is 0 Å². The van der Waals surface area contributed by atoms with Gasteiger partial charge in [-0.2, -0.15) is 0 Å². The predicted molar refractivity (Wildman–Crippen MR) is 70.9 cm³/mol. The summed E-state index contributed by atoms with van der Waals surface area (Å²) in [7, 11) is 4.30. The fraction of sp³-hybridized carbons (Fsp3) is 1.00. The lowest BCUT2D eigenvalue weighted by molar-refractivity contribution is 0.0611. The molecule has 0 aromatic rings. The van der Waals surface area contributed by atoms with Gasteiger partial charge in [-0.25, -0.2) is 0 Å². The Morgan fingerprint density at radius 2 is 1.56 bits per heavy atom. The monoisotopic (exact) mass is 227 g/mol. The van der Waals surface area contributed by atoms with Crippen molar-refractivity contribution in [1.29, 1.82) is 0 Å². The lowest BCUT2D eigenvalue weighted by Gasteiger charge is -2.42. The summed E-state index contributed by atoms with van der Waals surface area (Å²) in [5.41, 5.74) is 0.343. The Bertz CT molecular complexity index is 188. The van der Waals surface area contributed by atoms with Crippen LogP contribution in [0.2, 0.25) is 0 Å². The molecule has 0 aromatic carbocycles. The first-order valence-electron chi connectivity index (χ1n) is 6.52. The highest BCUT2D eigenvalue weighted by atomic mass is 15.3. The maximum absolute atomic E-state index is 2.60. The molecule has 1 aliphatic heterocycles.